The highest BCUT2D eigenvalue weighted by atomic mass is 16.3. The van der Waals surface area contributed by atoms with Crippen molar-refractivity contribution in [3.05, 3.63) is 28.8 Å². The summed E-state index contributed by atoms with van der Waals surface area (Å²) in [7, 11) is 4.08. The van der Waals surface area contributed by atoms with Crippen LogP contribution in [0.5, 0.6) is 5.75 Å². The number of likely N-dealkylation sites (tertiary alicyclic amines) is 2. The van der Waals surface area contributed by atoms with Crippen molar-refractivity contribution in [3.8, 4) is 5.75 Å². The van der Waals surface area contributed by atoms with E-state index in [0.29, 0.717) is 31.9 Å². The van der Waals surface area contributed by atoms with Gasteiger partial charge in [-0.3, -0.25) is 9.80 Å². The van der Waals surface area contributed by atoms with Crippen LogP contribution < -0.4 is 0 Å². The molecule has 2 aliphatic heterocycles. The molecular weight excluding hydrogens is 318 g/mol. The van der Waals surface area contributed by atoms with E-state index in [1.165, 1.54) is 5.56 Å². The van der Waals surface area contributed by atoms with E-state index in [-0.39, 0.29) is 12.2 Å². The first-order chi connectivity index (χ1) is 11.9. The molecule has 0 radical (unpaired) electrons. The predicted octanol–water partition coefficient (Wildman–Crippen LogP) is 0.587. The fraction of sp³-hybridized carbons (Fsp3) is 0.684. The minimum atomic E-state index is -0.252. The van der Waals surface area contributed by atoms with Crippen LogP contribution in [0.3, 0.4) is 0 Å². The molecule has 140 valence electrons. The van der Waals surface area contributed by atoms with E-state index >= 15 is 0 Å². The third-order valence-electron chi connectivity index (χ3n) is 5.11. The molecule has 3 rings (SSSR count). The van der Waals surface area contributed by atoms with Crippen LogP contribution in [0.2, 0.25) is 0 Å². The Morgan fingerprint density at radius 3 is 1.80 bits per heavy atom. The van der Waals surface area contributed by atoms with Crippen molar-refractivity contribution >= 4 is 0 Å². The molecule has 2 unspecified atom stereocenters. The zero-order valence-corrected chi connectivity index (χ0v) is 15.4. The van der Waals surface area contributed by atoms with Crippen molar-refractivity contribution in [2.75, 3.05) is 40.3 Å². The van der Waals surface area contributed by atoms with Crippen LogP contribution in [-0.2, 0) is 19.6 Å². The zero-order valence-electron chi connectivity index (χ0n) is 15.4. The van der Waals surface area contributed by atoms with Gasteiger partial charge in [-0.15, -0.1) is 0 Å². The van der Waals surface area contributed by atoms with Crippen molar-refractivity contribution in [3.63, 3.8) is 0 Å². The molecule has 0 amide bonds. The maximum atomic E-state index is 10.8. The quantitative estimate of drug-likeness (QED) is 0.698. The average molecular weight is 349 g/mol. The van der Waals surface area contributed by atoms with Gasteiger partial charge in [0.2, 0.25) is 0 Å². The molecule has 2 heterocycles. The van der Waals surface area contributed by atoms with Gasteiger partial charge in [0.05, 0.1) is 12.2 Å². The smallest absolute Gasteiger partial charge is 0.124 e. The molecule has 2 aliphatic rings. The van der Waals surface area contributed by atoms with E-state index in [1.807, 2.05) is 14.1 Å². The molecule has 3 N–H and O–H groups in total. The van der Waals surface area contributed by atoms with Crippen LogP contribution in [0.1, 0.15) is 29.5 Å². The molecule has 0 bridgehead atoms. The predicted molar refractivity (Wildman–Crippen MR) is 97.3 cm³/mol. The number of rotatable bonds is 6. The van der Waals surface area contributed by atoms with Gasteiger partial charge in [0.1, 0.15) is 5.75 Å². The molecule has 0 spiro atoms. The molecular formula is C19H31N3O3. The summed E-state index contributed by atoms with van der Waals surface area (Å²) in [5, 5.41) is 30.3. The normalized spacial score (nSPS) is 25.3. The fourth-order valence-corrected chi connectivity index (χ4v) is 3.92. The summed E-state index contributed by atoms with van der Waals surface area (Å²) in [6, 6.07) is 4.17. The summed E-state index contributed by atoms with van der Waals surface area (Å²) in [6.45, 7) is 5.24. The van der Waals surface area contributed by atoms with Crippen molar-refractivity contribution < 1.29 is 15.3 Å². The van der Waals surface area contributed by atoms with Crippen LogP contribution in [-0.4, -0.2) is 82.5 Å². The van der Waals surface area contributed by atoms with Crippen molar-refractivity contribution in [1.29, 1.82) is 0 Å². The number of aliphatic hydroxyl groups is 2. The van der Waals surface area contributed by atoms with Gasteiger partial charge >= 0.3 is 0 Å². The fourth-order valence-electron chi connectivity index (χ4n) is 3.92. The molecule has 2 saturated heterocycles. The molecule has 6 heteroatoms. The first-order valence-electron chi connectivity index (χ1n) is 9.20. The third-order valence-corrected chi connectivity index (χ3v) is 5.11. The number of phenols is 1. The Kier molecular flexibility index (Phi) is 5.96. The van der Waals surface area contributed by atoms with Gasteiger partial charge in [-0.05, 0) is 44.6 Å². The highest BCUT2D eigenvalue weighted by molar-refractivity contribution is 5.44. The highest BCUT2D eigenvalue weighted by Gasteiger charge is 2.24. The molecule has 0 saturated carbocycles. The molecule has 2 fully saturated rings. The molecule has 25 heavy (non-hydrogen) atoms. The minimum Gasteiger partial charge on any atom is -0.507 e. The minimum absolute atomic E-state index is 0.252. The van der Waals surface area contributed by atoms with Gasteiger partial charge in [0.25, 0.3) is 0 Å². The van der Waals surface area contributed by atoms with Crippen LogP contribution in [0.4, 0.5) is 0 Å². The Balaban J connectivity index is 1.80. The number of benzene rings is 1. The summed E-state index contributed by atoms with van der Waals surface area (Å²) in [5.41, 5.74) is 3.05. The molecule has 6 nitrogen and oxygen atoms in total. The van der Waals surface area contributed by atoms with E-state index < -0.39 is 0 Å². The Bertz CT molecular complexity index is 550. The maximum absolute atomic E-state index is 10.8. The van der Waals surface area contributed by atoms with Crippen LogP contribution in [0.25, 0.3) is 0 Å². The second kappa shape index (κ2) is 8.01. The lowest BCUT2D eigenvalue weighted by Crippen LogP contribution is -2.23. The monoisotopic (exact) mass is 349 g/mol. The SMILES string of the molecule is CN(C)Cc1cc(CN2CCC(O)C2)c(O)c(CN2CCC(O)C2)c1. The van der Waals surface area contributed by atoms with Gasteiger partial charge in [0, 0.05) is 56.9 Å². The molecule has 1 aromatic carbocycles. The van der Waals surface area contributed by atoms with Crippen LogP contribution >= 0.6 is 0 Å². The lowest BCUT2D eigenvalue weighted by atomic mass is 10.0. The summed E-state index contributed by atoms with van der Waals surface area (Å²) in [5.74, 6) is 0.366. The first kappa shape index (κ1) is 18.6. The van der Waals surface area contributed by atoms with Crippen molar-refractivity contribution in [1.82, 2.24) is 14.7 Å². The van der Waals surface area contributed by atoms with E-state index in [1.54, 1.807) is 0 Å². The third kappa shape index (κ3) is 4.92. The van der Waals surface area contributed by atoms with Crippen LogP contribution in [0.15, 0.2) is 12.1 Å². The van der Waals surface area contributed by atoms with Gasteiger partial charge in [-0.1, -0.05) is 0 Å². The number of hydrogen-bond donors (Lipinski definition) is 3. The largest absolute Gasteiger partial charge is 0.507 e. The summed E-state index contributed by atoms with van der Waals surface area (Å²) < 4.78 is 0. The van der Waals surface area contributed by atoms with E-state index in [2.05, 4.69) is 26.8 Å². The Morgan fingerprint density at radius 2 is 1.44 bits per heavy atom. The number of β-amino-alcohol motifs (C(OH)–C–C–N with tert-alkyl or cyclic N) is 2. The average Bonchev–Trinajstić information content (AvgIpc) is 3.12. The number of phenolic OH excluding ortho intramolecular Hbond substituents is 1. The second-order valence-electron chi connectivity index (χ2n) is 7.86. The zero-order chi connectivity index (χ0) is 18.0. The second-order valence-corrected chi connectivity index (χ2v) is 7.86. The standard InChI is InChI=1S/C19H31N3O3/c1-20(2)9-14-7-15(10-21-5-3-17(23)12-21)19(25)16(8-14)11-22-6-4-18(24)13-22/h7-8,17-18,23-25H,3-6,9-13H2,1-2H3. The van der Waals surface area contributed by atoms with E-state index in [4.69, 9.17) is 0 Å². The summed E-state index contributed by atoms with van der Waals surface area (Å²) in [4.78, 5) is 6.52. The maximum Gasteiger partial charge on any atom is 0.124 e. The first-order valence-corrected chi connectivity index (χ1v) is 9.20. The number of aliphatic hydroxyl groups excluding tert-OH is 2. The number of nitrogens with zero attached hydrogens (tertiary/aromatic N) is 3. The lowest BCUT2D eigenvalue weighted by Gasteiger charge is -2.22. The van der Waals surface area contributed by atoms with E-state index in [0.717, 1.165) is 43.6 Å². The van der Waals surface area contributed by atoms with E-state index in [9.17, 15) is 15.3 Å². The Labute approximate surface area is 150 Å². The van der Waals surface area contributed by atoms with Crippen LogP contribution in [0, 0.1) is 0 Å². The number of hydrogen-bond acceptors (Lipinski definition) is 6. The molecule has 0 aliphatic carbocycles. The Morgan fingerprint density at radius 1 is 0.960 bits per heavy atom. The Hall–Kier alpha value is -1.18. The van der Waals surface area contributed by atoms with Gasteiger partial charge in [0.15, 0.2) is 0 Å². The van der Waals surface area contributed by atoms with Gasteiger partial charge in [-0.25, -0.2) is 0 Å². The van der Waals surface area contributed by atoms with Gasteiger partial charge in [-0.2, -0.15) is 0 Å². The number of aromatic hydroxyl groups is 1. The van der Waals surface area contributed by atoms with Crippen molar-refractivity contribution in [2.45, 2.75) is 44.7 Å². The summed E-state index contributed by atoms with van der Waals surface area (Å²) in [6.07, 6.45) is 1.10. The lowest BCUT2D eigenvalue weighted by molar-refractivity contribution is 0.173. The topological polar surface area (TPSA) is 70.4 Å². The molecule has 2 atom stereocenters. The summed E-state index contributed by atoms with van der Waals surface area (Å²) >= 11 is 0. The highest BCUT2D eigenvalue weighted by Crippen LogP contribution is 2.29. The molecule has 1 aromatic rings. The van der Waals surface area contributed by atoms with Crippen molar-refractivity contribution in [2.24, 2.45) is 0 Å². The van der Waals surface area contributed by atoms with Gasteiger partial charge < -0.3 is 20.2 Å². The molecule has 0 aromatic heterocycles.